The Morgan fingerprint density at radius 2 is 2.22 bits per heavy atom. The van der Waals surface area contributed by atoms with E-state index in [1.165, 1.54) is 6.92 Å². The zero-order valence-corrected chi connectivity index (χ0v) is 11.0. The first kappa shape index (κ1) is 14.7. The van der Waals surface area contributed by atoms with Gasteiger partial charge in [-0.1, -0.05) is 0 Å². The highest BCUT2D eigenvalue weighted by atomic mass is 32.2. The van der Waals surface area contributed by atoms with Crippen LogP contribution >= 0.6 is 0 Å². The summed E-state index contributed by atoms with van der Waals surface area (Å²) in [4.78, 5) is 11.4. The summed E-state index contributed by atoms with van der Waals surface area (Å²) in [5, 5.41) is 7.50. The maximum Gasteiger partial charge on any atom is 0.287 e. The first-order valence-electron chi connectivity index (χ1n) is 5.35. The fraction of sp³-hybridized carbons (Fsp3) is 0.500. The van der Waals surface area contributed by atoms with Gasteiger partial charge in [-0.3, -0.25) is 4.79 Å². The lowest BCUT2D eigenvalue weighted by atomic mass is 10.4. The number of rotatable bonds is 6. The monoisotopic (exact) mass is 276 g/mol. The molecule has 0 atom stereocenters. The quantitative estimate of drug-likeness (QED) is 0.710. The molecular weight excluding hydrogens is 260 g/mol. The van der Waals surface area contributed by atoms with E-state index in [4.69, 9.17) is 14.3 Å². The lowest BCUT2D eigenvalue weighted by Gasteiger charge is -2.02. The van der Waals surface area contributed by atoms with E-state index in [2.05, 4.69) is 5.32 Å². The van der Waals surface area contributed by atoms with Gasteiger partial charge in [-0.15, -0.1) is 0 Å². The number of primary sulfonamides is 1. The number of hydrogen-bond donors (Lipinski definition) is 2. The lowest BCUT2D eigenvalue weighted by molar-refractivity contribution is 0.0894. The van der Waals surface area contributed by atoms with Crippen molar-refractivity contribution in [3.05, 3.63) is 17.6 Å². The molecule has 0 aliphatic carbocycles. The van der Waals surface area contributed by atoms with E-state index < -0.39 is 15.9 Å². The van der Waals surface area contributed by atoms with Crippen LogP contribution in [-0.2, 0) is 14.8 Å². The van der Waals surface area contributed by atoms with Crippen molar-refractivity contribution in [1.29, 1.82) is 0 Å². The summed E-state index contributed by atoms with van der Waals surface area (Å²) in [5.74, 6) is -0.506. The van der Waals surface area contributed by atoms with Gasteiger partial charge in [-0.25, -0.2) is 13.6 Å². The Labute approximate surface area is 105 Å². The van der Waals surface area contributed by atoms with Crippen molar-refractivity contribution >= 4 is 15.9 Å². The highest BCUT2D eigenvalue weighted by Crippen LogP contribution is 2.18. The van der Waals surface area contributed by atoms with E-state index in [0.29, 0.717) is 19.8 Å². The molecule has 0 aromatic carbocycles. The number of nitrogens with two attached hydrogens (primary N) is 1. The number of carbonyl (C=O) groups is 1. The first-order valence-corrected chi connectivity index (χ1v) is 6.90. The smallest absolute Gasteiger partial charge is 0.287 e. The Kier molecular flexibility index (Phi) is 4.88. The summed E-state index contributed by atoms with van der Waals surface area (Å²) in [7, 11) is -3.87. The molecule has 0 aliphatic heterocycles. The van der Waals surface area contributed by atoms with Crippen LogP contribution in [0.15, 0.2) is 15.4 Å². The van der Waals surface area contributed by atoms with Crippen molar-refractivity contribution in [3.8, 4) is 0 Å². The van der Waals surface area contributed by atoms with E-state index in [9.17, 15) is 13.2 Å². The fourth-order valence-corrected chi connectivity index (χ4v) is 2.04. The van der Waals surface area contributed by atoms with Gasteiger partial charge in [0.15, 0.2) is 5.76 Å². The summed E-state index contributed by atoms with van der Waals surface area (Å²) in [6.45, 7) is 4.53. The van der Waals surface area contributed by atoms with Crippen molar-refractivity contribution in [1.82, 2.24) is 5.32 Å². The molecular formula is C10H16N2O5S. The van der Waals surface area contributed by atoms with Crippen LogP contribution in [0.5, 0.6) is 0 Å². The Morgan fingerprint density at radius 1 is 1.56 bits per heavy atom. The summed E-state index contributed by atoms with van der Waals surface area (Å²) < 4.78 is 32.4. The molecule has 1 amide bonds. The first-order chi connectivity index (χ1) is 8.36. The minimum absolute atomic E-state index is 0.0898. The zero-order chi connectivity index (χ0) is 13.8. The molecule has 0 aliphatic rings. The van der Waals surface area contributed by atoms with E-state index in [1.807, 2.05) is 6.92 Å². The second kappa shape index (κ2) is 5.98. The van der Waals surface area contributed by atoms with E-state index in [1.54, 1.807) is 0 Å². The Hall–Kier alpha value is -1.38. The third-order valence-electron chi connectivity index (χ3n) is 2.14. The molecule has 0 spiro atoms. The minimum atomic E-state index is -3.87. The van der Waals surface area contributed by atoms with Crippen LogP contribution in [0, 0.1) is 6.92 Å². The average molecular weight is 276 g/mol. The molecule has 0 saturated heterocycles. The maximum atomic E-state index is 11.6. The van der Waals surface area contributed by atoms with Gasteiger partial charge in [0, 0.05) is 19.2 Å². The molecule has 1 rings (SSSR count). The number of hydrogen-bond acceptors (Lipinski definition) is 5. The highest BCUT2D eigenvalue weighted by molar-refractivity contribution is 7.89. The molecule has 0 bridgehead atoms. The molecule has 3 N–H and O–H groups in total. The van der Waals surface area contributed by atoms with Crippen molar-refractivity contribution in [2.75, 3.05) is 19.8 Å². The second-order valence-corrected chi connectivity index (χ2v) is 5.06. The van der Waals surface area contributed by atoms with Gasteiger partial charge in [-0.2, -0.15) is 0 Å². The van der Waals surface area contributed by atoms with Crippen molar-refractivity contribution in [2.24, 2.45) is 5.14 Å². The normalized spacial score (nSPS) is 11.5. The molecule has 102 valence electrons. The third-order valence-corrected chi connectivity index (χ3v) is 3.16. The van der Waals surface area contributed by atoms with Crippen LogP contribution in [0.3, 0.4) is 0 Å². The molecule has 0 fully saturated rings. The zero-order valence-electron chi connectivity index (χ0n) is 10.2. The van der Waals surface area contributed by atoms with Gasteiger partial charge >= 0.3 is 0 Å². The van der Waals surface area contributed by atoms with Crippen LogP contribution in [0.1, 0.15) is 23.2 Å². The SMILES string of the molecule is CCOCCNC(=O)c1cc(S(N)(=O)=O)c(C)o1. The molecule has 0 saturated carbocycles. The van der Waals surface area contributed by atoms with Gasteiger partial charge < -0.3 is 14.5 Å². The van der Waals surface area contributed by atoms with E-state index in [-0.39, 0.29) is 16.4 Å². The van der Waals surface area contributed by atoms with Crippen LogP contribution in [0.4, 0.5) is 0 Å². The Balaban J connectivity index is 2.71. The predicted molar refractivity (Wildman–Crippen MR) is 63.6 cm³/mol. The average Bonchev–Trinajstić information content (AvgIpc) is 2.66. The third kappa shape index (κ3) is 3.83. The molecule has 0 radical (unpaired) electrons. The summed E-state index contributed by atoms with van der Waals surface area (Å²) >= 11 is 0. The number of ether oxygens (including phenoxy) is 1. The van der Waals surface area contributed by atoms with Crippen LogP contribution in [0.2, 0.25) is 0 Å². The second-order valence-electron chi connectivity index (χ2n) is 3.53. The minimum Gasteiger partial charge on any atom is -0.455 e. The number of sulfonamides is 1. The van der Waals surface area contributed by atoms with Crippen LogP contribution < -0.4 is 10.5 Å². The standard InChI is InChI=1S/C10H16N2O5S/c1-3-16-5-4-12-10(13)8-6-9(7(2)17-8)18(11,14)15/h6H,3-5H2,1-2H3,(H,12,13)(H2,11,14,15). The molecule has 7 nitrogen and oxygen atoms in total. The molecule has 18 heavy (non-hydrogen) atoms. The van der Waals surface area contributed by atoms with Gasteiger partial charge in [0.1, 0.15) is 10.7 Å². The topological polar surface area (TPSA) is 112 Å². The molecule has 1 aromatic rings. The van der Waals surface area contributed by atoms with Crippen molar-refractivity contribution in [2.45, 2.75) is 18.7 Å². The van der Waals surface area contributed by atoms with Gasteiger partial charge in [-0.05, 0) is 13.8 Å². The van der Waals surface area contributed by atoms with Gasteiger partial charge in [0.25, 0.3) is 5.91 Å². The van der Waals surface area contributed by atoms with E-state index in [0.717, 1.165) is 6.07 Å². The van der Waals surface area contributed by atoms with Gasteiger partial charge in [0.05, 0.1) is 6.61 Å². The number of amides is 1. The molecule has 0 unspecified atom stereocenters. The summed E-state index contributed by atoms with van der Waals surface area (Å²) in [5.41, 5.74) is 0. The number of carbonyl (C=O) groups excluding carboxylic acids is 1. The van der Waals surface area contributed by atoms with Crippen LogP contribution in [0.25, 0.3) is 0 Å². The number of nitrogens with one attached hydrogen (secondary N) is 1. The Bertz CT molecular complexity index is 520. The maximum absolute atomic E-state index is 11.6. The Morgan fingerprint density at radius 3 is 2.72 bits per heavy atom. The van der Waals surface area contributed by atoms with E-state index >= 15 is 0 Å². The molecule has 1 heterocycles. The van der Waals surface area contributed by atoms with Crippen LogP contribution in [-0.4, -0.2) is 34.1 Å². The van der Waals surface area contributed by atoms with Crippen molar-refractivity contribution < 1.29 is 22.4 Å². The fourth-order valence-electron chi connectivity index (χ4n) is 1.33. The van der Waals surface area contributed by atoms with Crippen molar-refractivity contribution in [3.63, 3.8) is 0 Å². The predicted octanol–water partition coefficient (Wildman–Crippen LogP) is 0.00172. The highest BCUT2D eigenvalue weighted by Gasteiger charge is 2.20. The summed E-state index contributed by atoms with van der Waals surface area (Å²) in [6, 6.07) is 1.11. The lowest BCUT2D eigenvalue weighted by Crippen LogP contribution is -2.26. The largest absolute Gasteiger partial charge is 0.455 e. The van der Waals surface area contributed by atoms with Gasteiger partial charge in [0.2, 0.25) is 10.0 Å². The molecule has 1 aromatic heterocycles. The number of aryl methyl sites for hydroxylation is 1. The summed E-state index contributed by atoms with van der Waals surface area (Å²) in [6.07, 6.45) is 0. The molecule has 8 heteroatoms. The number of furan rings is 1.